The number of hydrogen-bond donors (Lipinski definition) is 1. The third kappa shape index (κ3) is 2.53. The van der Waals surface area contributed by atoms with Crippen molar-refractivity contribution in [3.8, 4) is 5.75 Å². The second kappa shape index (κ2) is 5.20. The molecule has 2 atom stereocenters. The van der Waals surface area contributed by atoms with Gasteiger partial charge >= 0.3 is 0 Å². The molecule has 0 aliphatic rings. The van der Waals surface area contributed by atoms with Gasteiger partial charge in [-0.15, -0.1) is 0 Å². The van der Waals surface area contributed by atoms with E-state index in [1.807, 2.05) is 0 Å². The first-order chi connectivity index (χ1) is 7.51. The van der Waals surface area contributed by atoms with E-state index >= 15 is 0 Å². The molecule has 1 nitrogen and oxygen atoms in total. The van der Waals surface area contributed by atoms with E-state index in [2.05, 4.69) is 27.7 Å². The number of para-hydroxylation sites is 1. The highest BCUT2D eigenvalue weighted by atomic mass is 16.3. The third-order valence-electron chi connectivity index (χ3n) is 3.31. The van der Waals surface area contributed by atoms with Gasteiger partial charge < -0.3 is 5.11 Å². The van der Waals surface area contributed by atoms with Gasteiger partial charge in [-0.05, 0) is 35.8 Å². The molecular formula is C14H22O. The third-order valence-corrected chi connectivity index (χ3v) is 3.31. The second-order valence-electron chi connectivity index (χ2n) is 4.33. The summed E-state index contributed by atoms with van der Waals surface area (Å²) in [5.74, 6) is 1.03. The highest BCUT2D eigenvalue weighted by Crippen LogP contribution is 2.35. The summed E-state index contributed by atoms with van der Waals surface area (Å²) in [6, 6.07) is 4.08. The van der Waals surface area contributed by atoms with E-state index in [0.717, 1.165) is 24.0 Å². The summed E-state index contributed by atoms with van der Waals surface area (Å²) in [4.78, 5) is 0. The topological polar surface area (TPSA) is 20.2 Å². The van der Waals surface area contributed by atoms with Crippen molar-refractivity contribution in [1.29, 1.82) is 0 Å². The second-order valence-corrected chi connectivity index (χ2v) is 4.33. The van der Waals surface area contributed by atoms with Crippen molar-refractivity contribution in [3.63, 3.8) is 0 Å². The van der Waals surface area contributed by atoms with Crippen molar-refractivity contribution in [2.24, 2.45) is 0 Å². The summed E-state index contributed by atoms with van der Waals surface area (Å²) in [5, 5.41) is 10.2. The molecule has 1 aromatic carbocycles. The minimum Gasteiger partial charge on any atom is -0.507 e. The minimum atomic E-state index is 0.313. The van der Waals surface area contributed by atoms with Crippen molar-refractivity contribution in [1.82, 2.24) is 0 Å². The van der Waals surface area contributed by atoms with E-state index in [1.54, 1.807) is 12.1 Å². The molecule has 0 aliphatic heterocycles. The van der Waals surface area contributed by atoms with Crippen molar-refractivity contribution < 1.29 is 6.48 Å². The minimum absolute atomic E-state index is 0.313. The zero-order valence-electron chi connectivity index (χ0n) is 11.2. The van der Waals surface area contributed by atoms with E-state index in [9.17, 15) is 5.11 Å². The zero-order chi connectivity index (χ0) is 12.3. The molecule has 84 valence electrons. The summed E-state index contributed by atoms with van der Waals surface area (Å²) in [6.45, 7) is 8.39. The Kier molecular flexibility index (Phi) is 3.65. The molecule has 1 aromatic rings. The highest BCUT2D eigenvalue weighted by Gasteiger charge is 2.14. The number of phenolic OH excluding ortho intramolecular Hbond substituents is 1. The van der Waals surface area contributed by atoms with Crippen LogP contribution in [0.3, 0.4) is 0 Å². The maximum Gasteiger partial charge on any atom is 0.122 e. The van der Waals surface area contributed by atoms with Crippen molar-refractivity contribution >= 4 is 0 Å². The van der Waals surface area contributed by atoms with Crippen LogP contribution in [0.5, 0.6) is 5.75 Å². The maximum atomic E-state index is 10.2. The van der Waals surface area contributed by atoms with E-state index in [4.69, 9.17) is 1.37 Å². The van der Waals surface area contributed by atoms with E-state index in [1.165, 1.54) is 0 Å². The van der Waals surface area contributed by atoms with Gasteiger partial charge in [0, 0.05) is 0 Å². The van der Waals surface area contributed by atoms with Crippen LogP contribution < -0.4 is 0 Å². The Bertz CT molecular complexity index is 329. The monoisotopic (exact) mass is 208 g/mol. The first-order valence-corrected chi connectivity index (χ1v) is 5.84. The van der Waals surface area contributed by atoms with Gasteiger partial charge in [0.1, 0.15) is 5.75 Å². The average Bonchev–Trinajstić information content (AvgIpc) is 2.29. The molecule has 1 rings (SSSR count). The van der Waals surface area contributed by atoms with Crippen LogP contribution >= 0.6 is 0 Å². The summed E-state index contributed by atoms with van der Waals surface area (Å²) in [5.41, 5.74) is 1.84. The van der Waals surface area contributed by atoms with Crippen molar-refractivity contribution in [2.75, 3.05) is 0 Å². The molecule has 0 radical (unpaired) electrons. The normalized spacial score (nSPS) is 15.9. The van der Waals surface area contributed by atoms with Gasteiger partial charge in [-0.2, -0.15) is 0 Å². The molecule has 0 saturated carbocycles. The van der Waals surface area contributed by atoms with Crippen LogP contribution in [-0.4, -0.2) is 5.11 Å². The summed E-state index contributed by atoms with van der Waals surface area (Å²) in [6.07, 6.45) is 1.97. The zero-order valence-corrected chi connectivity index (χ0v) is 10.2. The predicted octanol–water partition coefficient (Wildman–Crippen LogP) is 4.42. The Morgan fingerprint density at radius 3 is 1.87 bits per heavy atom. The van der Waals surface area contributed by atoms with Crippen molar-refractivity contribution in [2.45, 2.75) is 52.4 Å². The molecule has 1 heteroatoms. The molecule has 0 bridgehead atoms. The van der Waals surface area contributed by atoms with Gasteiger partial charge in [0.05, 0.1) is 1.37 Å². The molecular weight excluding hydrogens is 184 g/mol. The highest BCUT2D eigenvalue weighted by molar-refractivity contribution is 5.43. The van der Waals surface area contributed by atoms with Gasteiger partial charge in [0.2, 0.25) is 0 Å². The summed E-state index contributed by atoms with van der Waals surface area (Å²) in [7, 11) is 0. The van der Waals surface area contributed by atoms with E-state index in [-0.39, 0.29) is 0 Å². The lowest BCUT2D eigenvalue weighted by Gasteiger charge is -2.17. The molecule has 2 unspecified atom stereocenters. The van der Waals surface area contributed by atoms with Crippen LogP contribution in [0.1, 0.15) is 64.9 Å². The Morgan fingerprint density at radius 2 is 1.53 bits per heavy atom. The number of benzene rings is 1. The van der Waals surface area contributed by atoms with Crippen LogP contribution in [0.2, 0.25) is 0 Å². The average molecular weight is 208 g/mol. The number of hydrogen-bond acceptors (Lipinski definition) is 1. The number of aromatic hydroxyl groups is 1. The lowest BCUT2D eigenvalue weighted by Crippen LogP contribution is -1.98. The maximum absolute atomic E-state index is 10.2. The number of phenols is 1. The van der Waals surface area contributed by atoms with Crippen LogP contribution in [0, 0.1) is 0 Å². The Balaban J connectivity index is 3.25. The van der Waals surface area contributed by atoms with Crippen LogP contribution in [-0.2, 0) is 0 Å². The van der Waals surface area contributed by atoms with Gasteiger partial charge in [0.15, 0.2) is 0 Å². The molecule has 0 amide bonds. The fourth-order valence-electron chi connectivity index (χ4n) is 1.72. The lowest BCUT2D eigenvalue weighted by molar-refractivity contribution is 0.449. The van der Waals surface area contributed by atoms with Gasteiger partial charge in [-0.3, -0.25) is 0 Å². The van der Waals surface area contributed by atoms with Crippen LogP contribution in [0.4, 0.5) is 0 Å². The fraction of sp³-hybridized carbons (Fsp3) is 0.571. The lowest BCUT2D eigenvalue weighted by atomic mass is 9.90. The smallest absolute Gasteiger partial charge is 0.122 e. The summed E-state index contributed by atoms with van der Waals surface area (Å²) < 4.78 is 7.80. The van der Waals surface area contributed by atoms with E-state index < -0.39 is 0 Å². The molecule has 0 aliphatic carbocycles. The first-order valence-electron chi connectivity index (χ1n) is 6.34. The van der Waals surface area contributed by atoms with Gasteiger partial charge in [-0.25, -0.2) is 0 Å². The number of rotatable bonds is 4. The van der Waals surface area contributed by atoms with Crippen molar-refractivity contribution in [3.05, 3.63) is 29.3 Å². The molecule has 0 saturated heterocycles. The van der Waals surface area contributed by atoms with E-state index in [0.29, 0.717) is 23.6 Å². The molecule has 1 N–H and O–H groups in total. The molecule has 0 fully saturated rings. The Labute approximate surface area is 94.6 Å². The van der Waals surface area contributed by atoms with Gasteiger partial charge in [0.25, 0.3) is 0 Å². The largest absolute Gasteiger partial charge is 0.507 e. The predicted molar refractivity (Wildman–Crippen MR) is 65.5 cm³/mol. The molecule has 0 aromatic heterocycles. The fourth-order valence-corrected chi connectivity index (χ4v) is 1.72. The summed E-state index contributed by atoms with van der Waals surface area (Å²) >= 11 is 0. The first kappa shape index (κ1) is 10.5. The van der Waals surface area contributed by atoms with Crippen LogP contribution in [0.15, 0.2) is 18.2 Å². The molecule has 15 heavy (non-hydrogen) atoms. The molecule has 0 spiro atoms. The van der Waals surface area contributed by atoms with Gasteiger partial charge in [-0.1, -0.05) is 45.9 Å². The standard InChI is InChI=1S/C14H22O/c1-5-10(3)12-8-7-9-13(14(12)15)11(4)6-2/h7-11,15H,5-6H2,1-4H3/i7T. The molecule has 0 heterocycles. The SMILES string of the molecule is [3H]c1cc(C(C)CC)c(O)c(C(C)CC)c1. The van der Waals surface area contributed by atoms with Crippen LogP contribution in [0.25, 0.3) is 0 Å². The Hall–Kier alpha value is -0.980. The Morgan fingerprint density at radius 1 is 1.13 bits per heavy atom. The quantitative estimate of drug-likeness (QED) is 0.776.